The number of hydrogen-bond acceptors (Lipinski definition) is 7. The number of rotatable bonds is 11. The van der Waals surface area contributed by atoms with Gasteiger partial charge in [0.05, 0.1) is 18.2 Å². The normalized spacial score (nSPS) is 19.0. The molecule has 0 radical (unpaired) electrons. The van der Waals surface area contributed by atoms with Gasteiger partial charge in [0.15, 0.2) is 0 Å². The summed E-state index contributed by atoms with van der Waals surface area (Å²) in [5.41, 5.74) is 12.7. The lowest BCUT2D eigenvalue weighted by Gasteiger charge is -2.25. The highest BCUT2D eigenvalue weighted by molar-refractivity contribution is 5.92. The second kappa shape index (κ2) is 11.4. The molecule has 0 aromatic heterocycles. The molecule has 162 valence electrons. The number of nitrogens with two attached hydrogens (primary N) is 2. The zero-order valence-corrected chi connectivity index (χ0v) is 17.2. The molecule has 1 aromatic carbocycles. The number of aldehydes is 1. The fourth-order valence-corrected chi connectivity index (χ4v) is 3.52. The highest BCUT2D eigenvalue weighted by Gasteiger charge is 2.31. The second-order valence-electron chi connectivity index (χ2n) is 7.66. The average molecular weight is 415 g/mol. The molecular formula is C21H30N6O3. The van der Waals surface area contributed by atoms with Crippen molar-refractivity contribution in [3.63, 3.8) is 0 Å². The van der Waals surface area contributed by atoms with Crippen LogP contribution in [0.1, 0.15) is 42.1 Å². The summed E-state index contributed by atoms with van der Waals surface area (Å²) in [4.78, 5) is 36.7. The molecule has 3 unspecified atom stereocenters. The van der Waals surface area contributed by atoms with E-state index in [1.807, 2.05) is 13.0 Å². The van der Waals surface area contributed by atoms with Crippen molar-refractivity contribution in [2.75, 3.05) is 13.1 Å². The first-order valence-electron chi connectivity index (χ1n) is 10.1. The first-order valence-corrected chi connectivity index (χ1v) is 10.1. The second-order valence-corrected chi connectivity index (χ2v) is 7.66. The van der Waals surface area contributed by atoms with E-state index in [1.54, 1.807) is 18.2 Å². The lowest BCUT2D eigenvalue weighted by molar-refractivity contribution is -0.132. The van der Waals surface area contributed by atoms with E-state index in [2.05, 4.69) is 16.7 Å². The summed E-state index contributed by atoms with van der Waals surface area (Å²) in [5.74, 6) is -0.743. The molecule has 0 spiro atoms. The van der Waals surface area contributed by atoms with Crippen LogP contribution in [0.2, 0.25) is 0 Å². The highest BCUT2D eigenvalue weighted by atomic mass is 16.2. The van der Waals surface area contributed by atoms with E-state index in [-0.39, 0.29) is 18.5 Å². The predicted molar refractivity (Wildman–Crippen MR) is 112 cm³/mol. The molecule has 9 nitrogen and oxygen atoms in total. The van der Waals surface area contributed by atoms with Gasteiger partial charge in [0.2, 0.25) is 11.8 Å². The zero-order valence-electron chi connectivity index (χ0n) is 17.2. The van der Waals surface area contributed by atoms with Gasteiger partial charge in [-0.05, 0) is 43.9 Å². The number of likely N-dealkylation sites (tertiary alicyclic amines) is 1. The van der Waals surface area contributed by atoms with Gasteiger partial charge in [-0.15, -0.1) is 0 Å². The molecule has 1 fully saturated rings. The van der Waals surface area contributed by atoms with Crippen molar-refractivity contribution in [2.24, 2.45) is 11.5 Å². The topological polar surface area (TPSA) is 154 Å². The molecule has 1 aliphatic heterocycles. The van der Waals surface area contributed by atoms with Crippen molar-refractivity contribution in [3.8, 4) is 6.07 Å². The number of amides is 2. The van der Waals surface area contributed by atoms with Crippen LogP contribution in [0.3, 0.4) is 0 Å². The zero-order chi connectivity index (χ0) is 22.1. The molecular weight excluding hydrogens is 384 g/mol. The highest BCUT2D eigenvalue weighted by Crippen LogP contribution is 2.17. The molecule has 30 heavy (non-hydrogen) atoms. The number of carbonyl (C=O) groups excluding carboxylic acids is 3. The molecule has 4 atom stereocenters. The maximum atomic E-state index is 12.4. The van der Waals surface area contributed by atoms with Crippen molar-refractivity contribution >= 4 is 18.1 Å². The summed E-state index contributed by atoms with van der Waals surface area (Å²) in [6, 6.07) is 7.49. The van der Waals surface area contributed by atoms with Gasteiger partial charge in [-0.3, -0.25) is 9.59 Å². The van der Waals surface area contributed by atoms with Gasteiger partial charge < -0.3 is 31.8 Å². The van der Waals surface area contributed by atoms with Gasteiger partial charge in [-0.2, -0.15) is 5.26 Å². The van der Waals surface area contributed by atoms with Crippen LogP contribution in [0, 0.1) is 11.3 Å². The Balaban J connectivity index is 1.78. The molecule has 1 aromatic rings. The van der Waals surface area contributed by atoms with Crippen molar-refractivity contribution in [1.29, 1.82) is 5.26 Å². The van der Waals surface area contributed by atoms with Crippen molar-refractivity contribution in [1.82, 2.24) is 15.5 Å². The first-order chi connectivity index (χ1) is 14.3. The first kappa shape index (κ1) is 23.5. The number of nitrogens with zero attached hydrogens (tertiary/aromatic N) is 2. The van der Waals surface area contributed by atoms with Crippen LogP contribution in [-0.4, -0.2) is 60.3 Å². The minimum Gasteiger partial charge on any atom is -0.366 e. The molecule has 1 aliphatic rings. The third-order valence-corrected chi connectivity index (χ3v) is 5.24. The Bertz CT molecular complexity index is 793. The Morgan fingerprint density at radius 1 is 1.40 bits per heavy atom. The number of primary amides is 1. The van der Waals surface area contributed by atoms with Gasteiger partial charge in [-0.1, -0.05) is 12.1 Å². The molecule has 2 amide bonds. The van der Waals surface area contributed by atoms with E-state index in [9.17, 15) is 14.4 Å². The number of hydrogen-bond donors (Lipinski definition) is 4. The van der Waals surface area contributed by atoms with Crippen LogP contribution in [0.25, 0.3) is 0 Å². The van der Waals surface area contributed by atoms with Gasteiger partial charge in [0.25, 0.3) is 0 Å². The fourth-order valence-electron chi connectivity index (χ4n) is 3.52. The average Bonchev–Trinajstić information content (AvgIpc) is 3.23. The van der Waals surface area contributed by atoms with E-state index >= 15 is 0 Å². The predicted octanol–water partition coefficient (Wildman–Crippen LogP) is -0.347. The third-order valence-electron chi connectivity index (χ3n) is 5.24. The van der Waals surface area contributed by atoms with Crippen molar-refractivity contribution in [3.05, 3.63) is 35.4 Å². The molecule has 9 heteroatoms. The van der Waals surface area contributed by atoms with Crippen LogP contribution >= 0.6 is 0 Å². The summed E-state index contributed by atoms with van der Waals surface area (Å²) in [5, 5.41) is 15.5. The molecule has 0 saturated carbocycles. The summed E-state index contributed by atoms with van der Waals surface area (Å²) in [6.45, 7) is 3.17. The van der Waals surface area contributed by atoms with Crippen LogP contribution in [0.4, 0.5) is 0 Å². The Kier molecular flexibility index (Phi) is 8.92. The van der Waals surface area contributed by atoms with E-state index in [4.69, 9.17) is 16.7 Å². The summed E-state index contributed by atoms with van der Waals surface area (Å²) >= 11 is 0. The summed E-state index contributed by atoms with van der Waals surface area (Å²) in [7, 11) is 0. The Hall–Kier alpha value is -2.80. The van der Waals surface area contributed by atoms with Gasteiger partial charge >= 0.3 is 0 Å². The summed E-state index contributed by atoms with van der Waals surface area (Å²) < 4.78 is 0. The molecule has 2 rings (SSSR count). The molecule has 1 heterocycles. The van der Waals surface area contributed by atoms with E-state index in [1.165, 1.54) is 4.90 Å². The van der Waals surface area contributed by atoms with Gasteiger partial charge in [-0.25, -0.2) is 0 Å². The van der Waals surface area contributed by atoms with Crippen LogP contribution < -0.4 is 22.1 Å². The number of benzene rings is 1. The largest absolute Gasteiger partial charge is 0.366 e. The van der Waals surface area contributed by atoms with Crippen LogP contribution in [0.15, 0.2) is 24.3 Å². The maximum Gasteiger partial charge on any atom is 0.248 e. The van der Waals surface area contributed by atoms with Crippen LogP contribution in [0.5, 0.6) is 0 Å². The monoisotopic (exact) mass is 414 g/mol. The fraction of sp³-hybridized carbons (Fsp3) is 0.524. The number of carbonyl (C=O) groups is 3. The summed E-state index contributed by atoms with van der Waals surface area (Å²) in [6.07, 6.45) is 2.78. The van der Waals surface area contributed by atoms with E-state index < -0.39 is 24.0 Å². The smallest absolute Gasteiger partial charge is 0.248 e. The van der Waals surface area contributed by atoms with Crippen molar-refractivity contribution in [2.45, 2.75) is 56.9 Å². The lowest BCUT2D eigenvalue weighted by atomic mass is 10.1. The lowest BCUT2D eigenvalue weighted by Crippen LogP contribution is -2.52. The Labute approximate surface area is 176 Å². The van der Waals surface area contributed by atoms with E-state index in [0.29, 0.717) is 31.5 Å². The Morgan fingerprint density at radius 2 is 2.17 bits per heavy atom. The van der Waals surface area contributed by atoms with Gasteiger partial charge in [0.1, 0.15) is 12.3 Å². The maximum absolute atomic E-state index is 12.4. The van der Waals surface area contributed by atoms with Crippen molar-refractivity contribution < 1.29 is 14.4 Å². The van der Waals surface area contributed by atoms with Crippen LogP contribution in [-0.2, 0) is 16.1 Å². The molecule has 6 N–H and O–H groups in total. The minimum atomic E-state index is -0.804. The Morgan fingerprint density at radius 3 is 2.83 bits per heavy atom. The SMILES string of the molecule is CC(CC(C=O)NCC(N)C(=O)N1CCC[C@H]1C#N)NCc1cccc(C(N)=O)c1. The number of nitrogens with one attached hydrogen (secondary N) is 2. The van der Waals surface area contributed by atoms with E-state index in [0.717, 1.165) is 18.3 Å². The standard InChI is InChI=1S/C21H30N6O3/c1-14(25-11-15-4-2-5-16(9-15)20(24)29)8-17(13-28)26-12-19(23)21(30)27-7-3-6-18(27)10-22/h2,4-5,9,13-14,17-19,25-26H,3,6-8,11-12,23H2,1H3,(H2,24,29)/t14?,17?,18-,19?/m0/s1. The number of nitriles is 1. The molecule has 0 aliphatic carbocycles. The molecule has 0 bridgehead atoms. The molecule has 1 saturated heterocycles. The minimum absolute atomic E-state index is 0.00147. The quantitative estimate of drug-likeness (QED) is 0.361. The third kappa shape index (κ3) is 6.62. The van der Waals surface area contributed by atoms with Gasteiger partial charge in [0, 0.05) is 31.2 Å².